The summed E-state index contributed by atoms with van der Waals surface area (Å²) >= 11 is 0. The lowest BCUT2D eigenvalue weighted by molar-refractivity contribution is 0.331. The Morgan fingerprint density at radius 3 is 2.46 bits per heavy atom. The van der Waals surface area contributed by atoms with E-state index in [2.05, 4.69) is 44.3 Å². The molecule has 0 radical (unpaired) electrons. The van der Waals surface area contributed by atoms with Crippen LogP contribution in [0.15, 0.2) is 54.6 Å². The minimum Gasteiger partial charge on any atom is -0.299 e. The number of likely N-dealkylation sites (tertiary alicyclic amines) is 1. The molecule has 1 saturated heterocycles. The van der Waals surface area contributed by atoms with Gasteiger partial charge in [-0.2, -0.15) is 5.10 Å². The molecular weight excluding hydrogens is 320 g/mol. The van der Waals surface area contributed by atoms with Crippen LogP contribution in [0.3, 0.4) is 0 Å². The van der Waals surface area contributed by atoms with Crippen molar-refractivity contribution in [2.24, 2.45) is 0 Å². The third-order valence-corrected chi connectivity index (χ3v) is 4.32. The largest absolute Gasteiger partial charge is 0.299 e. The molecule has 0 bridgehead atoms. The molecular formula is C19H21ClN4. The Balaban J connectivity index is 0.00000169. The summed E-state index contributed by atoms with van der Waals surface area (Å²) in [7, 11) is 0. The highest BCUT2D eigenvalue weighted by Gasteiger charge is 2.13. The zero-order valence-corrected chi connectivity index (χ0v) is 14.3. The average molecular weight is 341 g/mol. The molecule has 1 aliphatic rings. The van der Waals surface area contributed by atoms with Gasteiger partial charge < -0.3 is 0 Å². The fraction of sp³-hybridized carbons (Fsp3) is 0.263. The van der Waals surface area contributed by atoms with Crippen molar-refractivity contribution in [2.75, 3.05) is 13.1 Å². The second-order valence-corrected chi connectivity index (χ2v) is 6.06. The number of halogens is 1. The molecule has 1 fully saturated rings. The van der Waals surface area contributed by atoms with Crippen LogP contribution in [0.2, 0.25) is 0 Å². The molecule has 24 heavy (non-hydrogen) atoms. The first-order valence-corrected chi connectivity index (χ1v) is 8.18. The van der Waals surface area contributed by atoms with E-state index in [1.165, 1.54) is 31.5 Å². The van der Waals surface area contributed by atoms with Crippen LogP contribution in [0.1, 0.15) is 18.4 Å². The third-order valence-electron chi connectivity index (χ3n) is 4.32. The molecule has 0 amide bonds. The lowest BCUT2D eigenvalue weighted by Gasteiger charge is -2.14. The minimum atomic E-state index is 0. The number of H-pyrrole nitrogens is 1. The van der Waals surface area contributed by atoms with E-state index >= 15 is 0 Å². The molecule has 0 atom stereocenters. The molecule has 3 aromatic rings. The number of nitrogens with one attached hydrogen (secondary N) is 1. The number of hydrogen-bond acceptors (Lipinski definition) is 3. The van der Waals surface area contributed by atoms with E-state index < -0.39 is 0 Å². The van der Waals surface area contributed by atoms with Crippen molar-refractivity contribution in [1.82, 2.24) is 20.1 Å². The summed E-state index contributed by atoms with van der Waals surface area (Å²) < 4.78 is 0. The molecule has 0 aliphatic carbocycles. The van der Waals surface area contributed by atoms with Crippen LogP contribution < -0.4 is 0 Å². The number of rotatable bonds is 4. The van der Waals surface area contributed by atoms with Crippen molar-refractivity contribution in [3.05, 3.63) is 60.2 Å². The van der Waals surface area contributed by atoms with Crippen LogP contribution in [0.4, 0.5) is 0 Å². The Kier molecular flexibility index (Phi) is 5.28. The van der Waals surface area contributed by atoms with Gasteiger partial charge in [0.2, 0.25) is 0 Å². The maximum Gasteiger partial charge on any atom is 0.181 e. The monoisotopic (exact) mass is 340 g/mol. The van der Waals surface area contributed by atoms with Gasteiger partial charge in [0.25, 0.3) is 0 Å². The van der Waals surface area contributed by atoms with Gasteiger partial charge >= 0.3 is 0 Å². The molecule has 124 valence electrons. The van der Waals surface area contributed by atoms with E-state index in [4.69, 9.17) is 0 Å². The van der Waals surface area contributed by atoms with Gasteiger partial charge in [-0.25, -0.2) is 4.98 Å². The molecule has 0 saturated carbocycles. The Morgan fingerprint density at radius 2 is 1.67 bits per heavy atom. The molecule has 1 aromatic heterocycles. The summed E-state index contributed by atoms with van der Waals surface area (Å²) in [5, 5.41) is 7.43. The number of nitrogens with zero attached hydrogens (tertiary/aromatic N) is 3. The van der Waals surface area contributed by atoms with Gasteiger partial charge in [0.1, 0.15) is 0 Å². The predicted molar refractivity (Wildman–Crippen MR) is 99.0 cm³/mol. The summed E-state index contributed by atoms with van der Waals surface area (Å²) in [6.07, 6.45) is 2.64. The zero-order chi connectivity index (χ0) is 15.5. The van der Waals surface area contributed by atoms with Crippen molar-refractivity contribution in [2.45, 2.75) is 19.4 Å². The van der Waals surface area contributed by atoms with Crippen LogP contribution in [-0.4, -0.2) is 33.2 Å². The van der Waals surface area contributed by atoms with Crippen LogP contribution >= 0.6 is 12.4 Å². The van der Waals surface area contributed by atoms with Crippen LogP contribution in [-0.2, 0) is 6.54 Å². The standard InChI is InChI=1S/C19H20N4.ClH/c1-2-8-16(9-3-1)18-20-19(22-21-18)17-10-6-7-15(13-17)14-23-11-4-5-12-23;/h1-3,6-10,13H,4-5,11-12,14H2,(H,20,21,22);1H. The van der Waals surface area contributed by atoms with E-state index in [0.717, 1.165) is 29.3 Å². The molecule has 2 heterocycles. The van der Waals surface area contributed by atoms with E-state index in [9.17, 15) is 0 Å². The third kappa shape index (κ3) is 3.66. The number of aromatic nitrogens is 3. The first kappa shape index (κ1) is 16.7. The van der Waals surface area contributed by atoms with Crippen molar-refractivity contribution >= 4 is 12.4 Å². The van der Waals surface area contributed by atoms with Crippen molar-refractivity contribution in [3.63, 3.8) is 0 Å². The van der Waals surface area contributed by atoms with Crippen molar-refractivity contribution < 1.29 is 0 Å². The summed E-state index contributed by atoms with van der Waals surface area (Å²) in [6.45, 7) is 3.44. The molecule has 0 unspecified atom stereocenters. The fourth-order valence-corrected chi connectivity index (χ4v) is 3.12. The molecule has 0 spiro atoms. The van der Waals surface area contributed by atoms with Gasteiger partial charge in [-0.15, -0.1) is 12.4 Å². The van der Waals surface area contributed by atoms with Crippen LogP contribution in [0.25, 0.3) is 22.8 Å². The van der Waals surface area contributed by atoms with E-state index in [0.29, 0.717) is 0 Å². The second-order valence-electron chi connectivity index (χ2n) is 6.06. The highest BCUT2D eigenvalue weighted by molar-refractivity contribution is 5.85. The fourth-order valence-electron chi connectivity index (χ4n) is 3.12. The minimum absolute atomic E-state index is 0. The van der Waals surface area contributed by atoms with Gasteiger partial charge in [-0.1, -0.05) is 48.5 Å². The average Bonchev–Trinajstić information content (AvgIpc) is 3.28. The Morgan fingerprint density at radius 1 is 0.917 bits per heavy atom. The Hall–Kier alpha value is -2.17. The van der Waals surface area contributed by atoms with Gasteiger partial charge in [0, 0.05) is 17.7 Å². The van der Waals surface area contributed by atoms with Crippen molar-refractivity contribution in [1.29, 1.82) is 0 Å². The summed E-state index contributed by atoms with van der Waals surface area (Å²) in [4.78, 5) is 7.15. The van der Waals surface area contributed by atoms with Gasteiger partial charge in [0.05, 0.1) is 0 Å². The maximum atomic E-state index is 4.64. The topological polar surface area (TPSA) is 44.8 Å². The number of benzene rings is 2. The first-order valence-electron chi connectivity index (χ1n) is 8.18. The summed E-state index contributed by atoms with van der Waals surface area (Å²) in [5.41, 5.74) is 3.45. The maximum absolute atomic E-state index is 4.64. The molecule has 1 aliphatic heterocycles. The molecule has 4 nitrogen and oxygen atoms in total. The van der Waals surface area contributed by atoms with Crippen LogP contribution in [0, 0.1) is 0 Å². The Labute approximate surface area is 148 Å². The molecule has 2 aromatic carbocycles. The SMILES string of the molecule is Cl.c1ccc(-c2nc(-c3cccc(CN4CCCC4)c3)n[nH]2)cc1. The normalized spacial score (nSPS) is 14.5. The van der Waals surface area contributed by atoms with Crippen LogP contribution in [0.5, 0.6) is 0 Å². The zero-order valence-electron chi connectivity index (χ0n) is 13.5. The number of aromatic amines is 1. The lowest BCUT2D eigenvalue weighted by atomic mass is 10.1. The second kappa shape index (κ2) is 7.60. The van der Waals surface area contributed by atoms with Gasteiger partial charge in [0.15, 0.2) is 11.6 Å². The predicted octanol–water partition coefficient (Wildman–Crippen LogP) is 4.16. The summed E-state index contributed by atoms with van der Waals surface area (Å²) in [6, 6.07) is 18.7. The van der Waals surface area contributed by atoms with Gasteiger partial charge in [-0.3, -0.25) is 10.00 Å². The number of hydrogen-bond donors (Lipinski definition) is 1. The van der Waals surface area contributed by atoms with E-state index in [-0.39, 0.29) is 12.4 Å². The summed E-state index contributed by atoms with van der Waals surface area (Å²) in [5.74, 6) is 1.57. The lowest BCUT2D eigenvalue weighted by Crippen LogP contribution is -2.18. The quantitative estimate of drug-likeness (QED) is 0.775. The van der Waals surface area contributed by atoms with E-state index in [1.54, 1.807) is 0 Å². The smallest absolute Gasteiger partial charge is 0.181 e. The Bertz CT molecular complexity index is 779. The highest BCUT2D eigenvalue weighted by atomic mass is 35.5. The molecule has 1 N–H and O–H groups in total. The molecule has 5 heteroatoms. The first-order chi connectivity index (χ1) is 11.4. The highest BCUT2D eigenvalue weighted by Crippen LogP contribution is 2.22. The van der Waals surface area contributed by atoms with Crippen molar-refractivity contribution in [3.8, 4) is 22.8 Å². The van der Waals surface area contributed by atoms with E-state index in [1.807, 2.05) is 30.3 Å². The molecule has 4 rings (SSSR count). The van der Waals surface area contributed by atoms with Gasteiger partial charge in [-0.05, 0) is 37.6 Å².